The molecule has 20 heavy (non-hydrogen) atoms. The standard InChI is InChI=1S/C13H10ClN3O3/c1-2-19-13(18)10(7-15)12-16-11(17-20-12)8-3-5-9(14)6-4-8/h3-6H,2H2,1H3,(H,16,17)/b12-10+. The molecular weight excluding hydrogens is 282 g/mol. The number of nitriles is 1. The van der Waals surface area contributed by atoms with Gasteiger partial charge in [-0.15, -0.1) is 0 Å². The maximum atomic E-state index is 11.6. The van der Waals surface area contributed by atoms with Gasteiger partial charge in [0, 0.05) is 10.6 Å². The number of nitrogens with one attached hydrogen (secondary N) is 1. The Bertz CT molecular complexity index is 629. The van der Waals surface area contributed by atoms with Crippen LogP contribution in [0.5, 0.6) is 0 Å². The third-order valence-electron chi connectivity index (χ3n) is 2.38. The monoisotopic (exact) mass is 291 g/mol. The van der Waals surface area contributed by atoms with Crippen LogP contribution in [0.15, 0.2) is 40.7 Å². The van der Waals surface area contributed by atoms with Crippen LogP contribution in [0.4, 0.5) is 0 Å². The van der Waals surface area contributed by atoms with E-state index in [1.165, 1.54) is 0 Å². The number of rotatable bonds is 3. The molecule has 1 aromatic carbocycles. The molecule has 1 aromatic rings. The zero-order valence-electron chi connectivity index (χ0n) is 10.5. The number of esters is 1. The molecule has 0 bridgehead atoms. The van der Waals surface area contributed by atoms with Crippen LogP contribution in [-0.4, -0.2) is 18.4 Å². The first-order chi connectivity index (χ1) is 9.65. The number of carbonyl (C=O) groups excluding carboxylic acids is 1. The van der Waals surface area contributed by atoms with Crippen molar-refractivity contribution in [3.8, 4) is 6.07 Å². The summed E-state index contributed by atoms with van der Waals surface area (Å²) in [7, 11) is 0. The van der Waals surface area contributed by atoms with Gasteiger partial charge in [0.2, 0.25) is 5.57 Å². The molecule has 102 valence electrons. The van der Waals surface area contributed by atoms with Gasteiger partial charge >= 0.3 is 5.97 Å². The van der Waals surface area contributed by atoms with Gasteiger partial charge in [-0.2, -0.15) is 10.3 Å². The lowest BCUT2D eigenvalue weighted by Crippen LogP contribution is -2.17. The number of hydrogen-bond donors (Lipinski definition) is 1. The highest BCUT2D eigenvalue weighted by molar-refractivity contribution is 6.30. The Labute approximate surface area is 120 Å². The molecule has 0 atom stereocenters. The lowest BCUT2D eigenvalue weighted by Gasteiger charge is -2.01. The molecule has 0 aromatic heterocycles. The van der Waals surface area contributed by atoms with Crippen LogP contribution in [0, 0.1) is 11.3 Å². The van der Waals surface area contributed by atoms with Gasteiger partial charge in [-0.25, -0.2) is 10.3 Å². The van der Waals surface area contributed by atoms with Gasteiger partial charge in [0.1, 0.15) is 6.07 Å². The van der Waals surface area contributed by atoms with Gasteiger partial charge in [0.25, 0.3) is 5.88 Å². The van der Waals surface area contributed by atoms with Gasteiger partial charge in [0.15, 0.2) is 5.84 Å². The van der Waals surface area contributed by atoms with Crippen LogP contribution in [0.2, 0.25) is 5.02 Å². The lowest BCUT2D eigenvalue weighted by atomic mass is 10.2. The van der Waals surface area contributed by atoms with Gasteiger partial charge in [-0.1, -0.05) is 11.6 Å². The van der Waals surface area contributed by atoms with Crippen LogP contribution in [0.1, 0.15) is 12.5 Å². The fourth-order valence-electron chi connectivity index (χ4n) is 1.47. The molecule has 0 aliphatic carbocycles. The van der Waals surface area contributed by atoms with E-state index in [2.05, 4.69) is 10.5 Å². The van der Waals surface area contributed by atoms with E-state index in [9.17, 15) is 4.79 Å². The van der Waals surface area contributed by atoms with Crippen molar-refractivity contribution in [1.29, 1.82) is 5.26 Å². The lowest BCUT2D eigenvalue weighted by molar-refractivity contribution is -0.138. The van der Waals surface area contributed by atoms with E-state index >= 15 is 0 Å². The van der Waals surface area contributed by atoms with E-state index in [1.807, 2.05) is 0 Å². The number of halogens is 1. The second-order valence-corrected chi connectivity index (χ2v) is 4.12. The Hall–Kier alpha value is -2.52. The average Bonchev–Trinajstić information content (AvgIpc) is 2.90. The van der Waals surface area contributed by atoms with Crippen molar-refractivity contribution in [1.82, 2.24) is 5.48 Å². The first kappa shape index (κ1) is 13.9. The maximum absolute atomic E-state index is 11.6. The molecule has 0 saturated heterocycles. The summed E-state index contributed by atoms with van der Waals surface area (Å²) < 4.78 is 4.75. The van der Waals surface area contributed by atoms with Gasteiger partial charge in [-0.05, 0) is 31.2 Å². The molecule has 6 nitrogen and oxygen atoms in total. The number of aliphatic imine (C=N–C) groups is 1. The summed E-state index contributed by atoms with van der Waals surface area (Å²) >= 11 is 5.79. The molecule has 1 heterocycles. The highest BCUT2D eigenvalue weighted by Crippen LogP contribution is 2.17. The molecular formula is C13H10ClN3O3. The molecule has 1 N–H and O–H groups in total. The van der Waals surface area contributed by atoms with E-state index in [-0.39, 0.29) is 18.1 Å². The Morgan fingerprint density at radius 1 is 1.50 bits per heavy atom. The topological polar surface area (TPSA) is 83.7 Å². The summed E-state index contributed by atoms with van der Waals surface area (Å²) in [6.45, 7) is 1.81. The number of benzene rings is 1. The number of nitrogens with zero attached hydrogens (tertiary/aromatic N) is 2. The second-order valence-electron chi connectivity index (χ2n) is 3.68. The highest BCUT2D eigenvalue weighted by atomic mass is 35.5. The molecule has 1 aliphatic rings. The average molecular weight is 292 g/mol. The Morgan fingerprint density at radius 3 is 2.80 bits per heavy atom. The number of amidine groups is 1. The van der Waals surface area contributed by atoms with Crippen LogP contribution in [0.3, 0.4) is 0 Å². The molecule has 0 radical (unpaired) electrons. The molecule has 7 heteroatoms. The number of hydrogen-bond acceptors (Lipinski definition) is 6. The Kier molecular flexibility index (Phi) is 4.23. The van der Waals surface area contributed by atoms with Gasteiger partial charge < -0.3 is 9.57 Å². The normalized spacial score (nSPS) is 15.6. The molecule has 0 unspecified atom stereocenters. The predicted octanol–water partition coefficient (Wildman–Crippen LogP) is 1.92. The van der Waals surface area contributed by atoms with Crippen molar-refractivity contribution >= 4 is 23.4 Å². The van der Waals surface area contributed by atoms with Crippen molar-refractivity contribution in [3.63, 3.8) is 0 Å². The first-order valence-corrected chi connectivity index (χ1v) is 6.12. The Morgan fingerprint density at radius 2 is 2.20 bits per heavy atom. The summed E-state index contributed by atoms with van der Waals surface area (Å²) in [6, 6.07) is 8.58. The second kappa shape index (κ2) is 6.08. The highest BCUT2D eigenvalue weighted by Gasteiger charge is 2.24. The molecule has 2 rings (SSSR count). The fourth-order valence-corrected chi connectivity index (χ4v) is 1.59. The van der Waals surface area contributed by atoms with Gasteiger partial charge in [0.05, 0.1) is 6.61 Å². The third kappa shape index (κ3) is 2.90. The molecule has 1 aliphatic heterocycles. The fraction of sp³-hybridized carbons (Fsp3) is 0.154. The number of ether oxygens (including phenoxy) is 1. The van der Waals surface area contributed by atoms with E-state index in [0.717, 1.165) is 0 Å². The van der Waals surface area contributed by atoms with Crippen molar-refractivity contribution in [2.45, 2.75) is 6.92 Å². The molecule has 0 amide bonds. The number of hydroxylamine groups is 1. The minimum absolute atomic E-state index is 0.115. The summed E-state index contributed by atoms with van der Waals surface area (Å²) in [5.41, 5.74) is 2.97. The summed E-state index contributed by atoms with van der Waals surface area (Å²) in [5, 5.41) is 9.56. The summed E-state index contributed by atoms with van der Waals surface area (Å²) in [4.78, 5) is 20.7. The zero-order chi connectivity index (χ0) is 14.5. The first-order valence-electron chi connectivity index (χ1n) is 5.74. The summed E-state index contributed by atoms with van der Waals surface area (Å²) in [5.74, 6) is -0.502. The van der Waals surface area contributed by atoms with E-state index < -0.39 is 5.97 Å². The van der Waals surface area contributed by atoms with Crippen LogP contribution >= 0.6 is 11.6 Å². The van der Waals surface area contributed by atoms with E-state index in [1.54, 1.807) is 37.3 Å². The quantitative estimate of drug-likeness (QED) is 0.522. The Balaban J connectivity index is 2.31. The van der Waals surface area contributed by atoms with Crippen molar-refractivity contribution in [2.24, 2.45) is 4.99 Å². The smallest absolute Gasteiger partial charge is 0.354 e. The maximum Gasteiger partial charge on any atom is 0.354 e. The van der Waals surface area contributed by atoms with Crippen molar-refractivity contribution in [2.75, 3.05) is 6.61 Å². The minimum Gasteiger partial charge on any atom is -0.462 e. The largest absolute Gasteiger partial charge is 0.462 e. The van der Waals surface area contributed by atoms with E-state index in [0.29, 0.717) is 16.4 Å². The molecule has 0 fully saturated rings. The van der Waals surface area contributed by atoms with Crippen LogP contribution in [0.25, 0.3) is 0 Å². The predicted molar refractivity (Wildman–Crippen MR) is 71.5 cm³/mol. The van der Waals surface area contributed by atoms with E-state index in [4.69, 9.17) is 26.4 Å². The van der Waals surface area contributed by atoms with Crippen molar-refractivity contribution in [3.05, 3.63) is 46.3 Å². The van der Waals surface area contributed by atoms with Crippen LogP contribution < -0.4 is 5.48 Å². The number of carbonyl (C=O) groups is 1. The van der Waals surface area contributed by atoms with Gasteiger partial charge in [-0.3, -0.25) is 0 Å². The van der Waals surface area contributed by atoms with Crippen molar-refractivity contribution < 1.29 is 14.4 Å². The molecule has 0 saturated carbocycles. The summed E-state index contributed by atoms with van der Waals surface area (Å²) in [6.07, 6.45) is 0. The SMILES string of the molecule is CCOC(=O)/C(C#N)=C1\N=C(c2ccc(Cl)cc2)NO1. The minimum atomic E-state index is -0.770. The zero-order valence-corrected chi connectivity index (χ0v) is 11.3. The molecule has 0 spiro atoms. The third-order valence-corrected chi connectivity index (χ3v) is 2.63. The van der Waals surface area contributed by atoms with Crippen LogP contribution in [-0.2, 0) is 14.4 Å².